The highest BCUT2D eigenvalue weighted by molar-refractivity contribution is 7.92. The third kappa shape index (κ3) is 4.41. The van der Waals surface area contributed by atoms with Crippen LogP contribution in [-0.2, 0) is 21.2 Å². The summed E-state index contributed by atoms with van der Waals surface area (Å²) in [4.78, 5) is 14.2. The Morgan fingerprint density at radius 2 is 1.90 bits per heavy atom. The van der Waals surface area contributed by atoms with Crippen molar-refractivity contribution in [3.8, 4) is 0 Å². The number of rotatable bonds is 6. The van der Waals surface area contributed by atoms with Gasteiger partial charge in [-0.3, -0.25) is 4.79 Å². The molecule has 0 aliphatic carbocycles. The van der Waals surface area contributed by atoms with Crippen LogP contribution >= 0.6 is 0 Å². The third-order valence-corrected chi connectivity index (χ3v) is 4.58. The van der Waals surface area contributed by atoms with Crippen molar-refractivity contribution in [2.24, 2.45) is 0 Å². The Labute approximate surface area is 125 Å². The van der Waals surface area contributed by atoms with E-state index in [4.69, 9.17) is 0 Å². The lowest BCUT2D eigenvalue weighted by Crippen LogP contribution is -2.48. The van der Waals surface area contributed by atoms with Crippen LogP contribution in [0.3, 0.4) is 0 Å². The molecule has 1 aromatic carbocycles. The molecule has 1 aliphatic rings. The fraction of sp³-hybridized carbons (Fsp3) is 0.400. The molecule has 0 spiro atoms. The van der Waals surface area contributed by atoms with E-state index in [0.29, 0.717) is 19.5 Å². The molecular formula is C15H20N2O3S. The number of nitrogens with one attached hydrogen (secondary N) is 1. The van der Waals surface area contributed by atoms with E-state index in [2.05, 4.69) is 11.3 Å². The standard InChI is InChI=1S/C15H20N2O3S/c1-2-21(19,20)16-14(12-13-8-4-3-5-9-13)15(18)17-10-6-7-11-17/h2-5,8-9,14,16H,1,6-7,10-12H2. The average molecular weight is 308 g/mol. The van der Waals surface area contributed by atoms with Crippen molar-refractivity contribution in [3.63, 3.8) is 0 Å². The first kappa shape index (κ1) is 15.7. The van der Waals surface area contributed by atoms with Crippen LogP contribution < -0.4 is 4.72 Å². The summed E-state index contributed by atoms with van der Waals surface area (Å²) in [6.07, 6.45) is 2.28. The minimum atomic E-state index is -3.65. The summed E-state index contributed by atoms with van der Waals surface area (Å²) in [5.41, 5.74) is 0.918. The smallest absolute Gasteiger partial charge is 0.241 e. The van der Waals surface area contributed by atoms with Crippen LogP contribution in [0.25, 0.3) is 0 Å². The van der Waals surface area contributed by atoms with Gasteiger partial charge in [-0.1, -0.05) is 36.9 Å². The molecule has 1 unspecified atom stereocenters. The Morgan fingerprint density at radius 3 is 2.48 bits per heavy atom. The van der Waals surface area contributed by atoms with Crippen molar-refractivity contribution in [2.75, 3.05) is 13.1 Å². The molecule has 0 bridgehead atoms. The van der Waals surface area contributed by atoms with Gasteiger partial charge in [0, 0.05) is 18.5 Å². The summed E-state index contributed by atoms with van der Waals surface area (Å²) >= 11 is 0. The number of likely N-dealkylation sites (tertiary alicyclic amines) is 1. The zero-order valence-corrected chi connectivity index (χ0v) is 12.7. The molecule has 6 heteroatoms. The number of amides is 1. The van der Waals surface area contributed by atoms with Crippen LogP contribution in [0, 0.1) is 0 Å². The summed E-state index contributed by atoms with van der Waals surface area (Å²) in [7, 11) is -3.65. The van der Waals surface area contributed by atoms with Crippen molar-refractivity contribution < 1.29 is 13.2 Å². The van der Waals surface area contributed by atoms with Crippen LogP contribution in [-0.4, -0.2) is 38.4 Å². The van der Waals surface area contributed by atoms with Crippen LogP contribution in [0.15, 0.2) is 42.3 Å². The third-order valence-electron chi connectivity index (χ3n) is 3.52. The second-order valence-electron chi connectivity index (χ2n) is 5.10. The number of hydrogen-bond donors (Lipinski definition) is 1. The molecule has 0 saturated carbocycles. The van der Waals surface area contributed by atoms with E-state index in [-0.39, 0.29) is 5.91 Å². The van der Waals surface area contributed by atoms with Crippen LogP contribution in [0.4, 0.5) is 0 Å². The quantitative estimate of drug-likeness (QED) is 0.861. The van der Waals surface area contributed by atoms with Gasteiger partial charge in [0.25, 0.3) is 0 Å². The molecule has 5 nitrogen and oxygen atoms in total. The van der Waals surface area contributed by atoms with Crippen LogP contribution in [0.1, 0.15) is 18.4 Å². The maximum atomic E-state index is 12.5. The maximum absolute atomic E-state index is 12.5. The molecule has 1 N–H and O–H groups in total. The van der Waals surface area contributed by atoms with Crippen molar-refractivity contribution >= 4 is 15.9 Å². The molecule has 114 valence electrons. The Morgan fingerprint density at radius 1 is 1.29 bits per heavy atom. The largest absolute Gasteiger partial charge is 0.341 e. The number of benzene rings is 1. The van der Waals surface area contributed by atoms with Crippen molar-refractivity contribution in [2.45, 2.75) is 25.3 Å². The van der Waals surface area contributed by atoms with E-state index < -0.39 is 16.1 Å². The fourth-order valence-corrected chi connectivity index (χ4v) is 3.11. The van der Waals surface area contributed by atoms with E-state index in [1.807, 2.05) is 30.3 Å². The lowest BCUT2D eigenvalue weighted by atomic mass is 10.1. The molecule has 1 fully saturated rings. The fourth-order valence-electron chi connectivity index (χ4n) is 2.43. The maximum Gasteiger partial charge on any atom is 0.241 e. The highest BCUT2D eigenvalue weighted by Crippen LogP contribution is 2.13. The van der Waals surface area contributed by atoms with Crippen molar-refractivity contribution in [1.29, 1.82) is 0 Å². The van der Waals surface area contributed by atoms with Crippen molar-refractivity contribution in [3.05, 3.63) is 47.9 Å². The lowest BCUT2D eigenvalue weighted by molar-refractivity contribution is -0.131. The van der Waals surface area contributed by atoms with Gasteiger partial charge in [-0.15, -0.1) is 0 Å². The van der Waals surface area contributed by atoms with Crippen LogP contribution in [0.2, 0.25) is 0 Å². The van der Waals surface area contributed by atoms with Gasteiger partial charge in [0.15, 0.2) is 0 Å². The molecule has 0 aromatic heterocycles. The van der Waals surface area contributed by atoms with Gasteiger partial charge in [0.1, 0.15) is 6.04 Å². The first-order valence-electron chi connectivity index (χ1n) is 6.99. The number of nitrogens with zero attached hydrogens (tertiary/aromatic N) is 1. The molecule has 21 heavy (non-hydrogen) atoms. The normalized spacial score (nSPS) is 16.7. The van der Waals surface area contributed by atoms with Crippen molar-refractivity contribution in [1.82, 2.24) is 9.62 Å². The first-order chi connectivity index (χ1) is 10.0. The average Bonchev–Trinajstić information content (AvgIpc) is 3.01. The molecule has 1 aliphatic heterocycles. The topological polar surface area (TPSA) is 66.5 Å². The minimum absolute atomic E-state index is 0.165. The highest BCUT2D eigenvalue weighted by atomic mass is 32.2. The number of sulfonamides is 1. The summed E-state index contributed by atoms with van der Waals surface area (Å²) < 4.78 is 25.9. The molecule has 1 atom stereocenters. The van der Waals surface area contributed by atoms with E-state index in [1.165, 1.54) is 0 Å². The van der Waals surface area contributed by atoms with Gasteiger partial charge < -0.3 is 4.90 Å². The number of carbonyl (C=O) groups excluding carboxylic acids is 1. The van der Waals surface area contributed by atoms with Gasteiger partial charge in [-0.2, -0.15) is 4.72 Å². The van der Waals surface area contributed by atoms with Crippen LogP contribution in [0.5, 0.6) is 0 Å². The SMILES string of the molecule is C=CS(=O)(=O)NC(Cc1ccccc1)C(=O)N1CCCC1. The lowest BCUT2D eigenvalue weighted by Gasteiger charge is -2.23. The summed E-state index contributed by atoms with van der Waals surface area (Å²) in [5.74, 6) is -0.165. The summed E-state index contributed by atoms with van der Waals surface area (Å²) in [6, 6.07) is 8.60. The monoisotopic (exact) mass is 308 g/mol. The number of carbonyl (C=O) groups is 1. The Hall–Kier alpha value is -1.66. The van der Waals surface area contributed by atoms with Gasteiger partial charge in [0.05, 0.1) is 0 Å². The molecule has 1 aromatic rings. The Balaban J connectivity index is 2.17. The predicted molar refractivity (Wildman–Crippen MR) is 82.0 cm³/mol. The summed E-state index contributed by atoms with van der Waals surface area (Å²) in [6.45, 7) is 4.66. The molecule has 1 saturated heterocycles. The first-order valence-corrected chi connectivity index (χ1v) is 8.54. The molecule has 1 amide bonds. The molecular weight excluding hydrogens is 288 g/mol. The van der Waals surface area contributed by atoms with E-state index in [9.17, 15) is 13.2 Å². The van der Waals surface area contributed by atoms with E-state index in [0.717, 1.165) is 23.8 Å². The second kappa shape index (κ2) is 6.87. The predicted octanol–water partition coefficient (Wildman–Crippen LogP) is 1.28. The Kier molecular flexibility index (Phi) is 5.14. The molecule has 0 radical (unpaired) electrons. The zero-order chi connectivity index (χ0) is 15.3. The highest BCUT2D eigenvalue weighted by Gasteiger charge is 2.29. The zero-order valence-electron chi connectivity index (χ0n) is 11.9. The summed E-state index contributed by atoms with van der Waals surface area (Å²) in [5, 5.41) is 0.836. The van der Waals surface area contributed by atoms with E-state index >= 15 is 0 Å². The molecule has 1 heterocycles. The molecule has 2 rings (SSSR count). The van der Waals surface area contributed by atoms with Gasteiger partial charge in [0.2, 0.25) is 15.9 Å². The number of hydrogen-bond acceptors (Lipinski definition) is 3. The van der Waals surface area contributed by atoms with Gasteiger partial charge in [-0.05, 0) is 24.8 Å². The Bertz CT molecular complexity index is 593. The van der Waals surface area contributed by atoms with Gasteiger partial charge >= 0.3 is 0 Å². The minimum Gasteiger partial charge on any atom is -0.341 e. The second-order valence-corrected chi connectivity index (χ2v) is 6.76. The van der Waals surface area contributed by atoms with Gasteiger partial charge in [-0.25, -0.2) is 8.42 Å². The van der Waals surface area contributed by atoms with E-state index in [1.54, 1.807) is 4.90 Å².